The fourth-order valence-electron chi connectivity index (χ4n) is 2.47. The third-order valence-electron chi connectivity index (χ3n) is 3.95. The molecule has 0 aromatic carbocycles. The Morgan fingerprint density at radius 2 is 2.33 bits per heavy atom. The van der Waals surface area contributed by atoms with Crippen molar-refractivity contribution in [1.29, 1.82) is 0 Å². The van der Waals surface area contributed by atoms with Crippen LogP contribution in [0.1, 0.15) is 51.3 Å². The molecule has 0 spiro atoms. The lowest BCUT2D eigenvalue weighted by Crippen LogP contribution is -2.42. The average molecular weight is 251 g/mol. The highest BCUT2D eigenvalue weighted by Crippen LogP contribution is 2.23. The largest absolute Gasteiger partial charge is 0.381 e. The first kappa shape index (κ1) is 13.6. The molecule has 4 nitrogen and oxygen atoms in total. The molecule has 1 fully saturated rings. The van der Waals surface area contributed by atoms with Crippen LogP contribution in [0.3, 0.4) is 0 Å². The van der Waals surface area contributed by atoms with Crippen LogP contribution in [0.25, 0.3) is 0 Å². The predicted molar refractivity (Wildman–Crippen MR) is 72.5 cm³/mol. The molecular weight excluding hydrogens is 226 g/mol. The Labute approximate surface area is 110 Å². The molecule has 4 heteroatoms. The number of hydrogen-bond acceptors (Lipinski definition) is 3. The van der Waals surface area contributed by atoms with E-state index >= 15 is 0 Å². The van der Waals surface area contributed by atoms with Gasteiger partial charge in [-0.25, -0.2) is 0 Å². The van der Waals surface area contributed by atoms with Gasteiger partial charge in [-0.15, -0.1) is 0 Å². The fourth-order valence-corrected chi connectivity index (χ4v) is 2.47. The van der Waals surface area contributed by atoms with E-state index in [2.05, 4.69) is 31.2 Å². The highest BCUT2D eigenvalue weighted by molar-refractivity contribution is 5.06. The summed E-state index contributed by atoms with van der Waals surface area (Å²) in [7, 11) is 0. The summed E-state index contributed by atoms with van der Waals surface area (Å²) in [6.45, 7) is 6.00. The molecule has 2 rings (SSSR count). The molecule has 1 aliphatic rings. The van der Waals surface area contributed by atoms with Crippen LogP contribution in [-0.4, -0.2) is 28.5 Å². The van der Waals surface area contributed by atoms with Gasteiger partial charge in [0.15, 0.2) is 0 Å². The third-order valence-corrected chi connectivity index (χ3v) is 3.95. The van der Waals surface area contributed by atoms with Gasteiger partial charge in [-0.3, -0.25) is 4.68 Å². The van der Waals surface area contributed by atoms with Crippen molar-refractivity contribution in [2.75, 3.05) is 13.2 Å². The maximum Gasteiger partial charge on any atom is 0.0643 e. The Bertz CT molecular complexity index is 367. The van der Waals surface area contributed by atoms with Crippen molar-refractivity contribution in [3.05, 3.63) is 18.0 Å². The molecule has 18 heavy (non-hydrogen) atoms. The molecule has 2 unspecified atom stereocenters. The highest BCUT2D eigenvalue weighted by atomic mass is 16.5. The minimum atomic E-state index is -0.134. The Kier molecular flexibility index (Phi) is 4.40. The number of nitrogens with zero attached hydrogens (tertiary/aromatic N) is 2. The molecule has 1 saturated heterocycles. The van der Waals surface area contributed by atoms with Crippen LogP contribution in [0.4, 0.5) is 0 Å². The van der Waals surface area contributed by atoms with E-state index in [0.29, 0.717) is 6.04 Å². The van der Waals surface area contributed by atoms with Crippen molar-refractivity contribution in [2.45, 2.75) is 57.5 Å². The lowest BCUT2D eigenvalue weighted by atomic mass is 9.87. The van der Waals surface area contributed by atoms with E-state index in [1.54, 1.807) is 0 Å². The second-order valence-corrected chi connectivity index (χ2v) is 5.55. The lowest BCUT2D eigenvalue weighted by molar-refractivity contribution is 0.139. The second-order valence-electron chi connectivity index (χ2n) is 5.55. The average Bonchev–Trinajstić information content (AvgIpc) is 2.70. The highest BCUT2D eigenvalue weighted by Gasteiger charge is 2.27. The number of nitrogens with two attached hydrogens (primary N) is 1. The molecule has 1 aromatic heterocycles. The maximum atomic E-state index is 6.48. The van der Waals surface area contributed by atoms with Gasteiger partial charge in [0.05, 0.1) is 5.69 Å². The molecule has 1 aliphatic heterocycles. The number of hydrogen-bond donors (Lipinski definition) is 1. The molecule has 1 aromatic rings. The monoisotopic (exact) mass is 251 g/mol. The van der Waals surface area contributed by atoms with Crippen LogP contribution >= 0.6 is 0 Å². The van der Waals surface area contributed by atoms with E-state index in [1.807, 2.05) is 4.68 Å². The number of aromatic nitrogens is 2. The predicted octanol–water partition coefficient (Wildman–Crippen LogP) is 2.29. The van der Waals surface area contributed by atoms with E-state index in [9.17, 15) is 0 Å². The smallest absolute Gasteiger partial charge is 0.0643 e. The van der Waals surface area contributed by atoms with E-state index < -0.39 is 0 Å². The van der Waals surface area contributed by atoms with Crippen molar-refractivity contribution in [3.8, 4) is 0 Å². The standard InChI is InChI=1S/C14H25N3O/c1-3-12(2)17-8-5-13(16-17)11-14(15)6-4-9-18-10-7-14/h5,8,12H,3-4,6-7,9-11,15H2,1-2H3. The summed E-state index contributed by atoms with van der Waals surface area (Å²) in [5.74, 6) is 0. The molecule has 0 bridgehead atoms. The van der Waals surface area contributed by atoms with E-state index in [-0.39, 0.29) is 5.54 Å². The number of ether oxygens (including phenoxy) is 1. The van der Waals surface area contributed by atoms with E-state index in [0.717, 1.165) is 51.0 Å². The van der Waals surface area contributed by atoms with Gasteiger partial charge >= 0.3 is 0 Å². The van der Waals surface area contributed by atoms with Gasteiger partial charge in [0.2, 0.25) is 0 Å². The topological polar surface area (TPSA) is 53.1 Å². The Hall–Kier alpha value is -0.870. The first-order valence-electron chi connectivity index (χ1n) is 7.03. The molecule has 102 valence electrons. The minimum absolute atomic E-state index is 0.134. The Morgan fingerprint density at radius 3 is 3.11 bits per heavy atom. The summed E-state index contributed by atoms with van der Waals surface area (Å²) in [5.41, 5.74) is 7.46. The van der Waals surface area contributed by atoms with Crippen molar-refractivity contribution in [1.82, 2.24) is 9.78 Å². The zero-order chi connectivity index (χ0) is 13.0. The van der Waals surface area contributed by atoms with Crippen LogP contribution < -0.4 is 5.73 Å². The molecule has 0 amide bonds. The van der Waals surface area contributed by atoms with Gasteiger partial charge < -0.3 is 10.5 Å². The third kappa shape index (κ3) is 3.33. The Morgan fingerprint density at radius 1 is 1.50 bits per heavy atom. The molecule has 0 saturated carbocycles. The Balaban J connectivity index is 2.01. The zero-order valence-corrected chi connectivity index (χ0v) is 11.6. The van der Waals surface area contributed by atoms with Gasteiger partial charge in [0, 0.05) is 37.4 Å². The van der Waals surface area contributed by atoms with Crippen LogP contribution in [-0.2, 0) is 11.2 Å². The van der Waals surface area contributed by atoms with Crippen molar-refractivity contribution < 1.29 is 4.74 Å². The van der Waals surface area contributed by atoms with Gasteiger partial charge in [0.25, 0.3) is 0 Å². The fraction of sp³-hybridized carbons (Fsp3) is 0.786. The molecule has 2 N–H and O–H groups in total. The van der Waals surface area contributed by atoms with Crippen molar-refractivity contribution >= 4 is 0 Å². The molecule has 0 radical (unpaired) electrons. The van der Waals surface area contributed by atoms with Crippen LogP contribution in [0.2, 0.25) is 0 Å². The summed E-state index contributed by atoms with van der Waals surface area (Å²) < 4.78 is 7.53. The van der Waals surface area contributed by atoms with Crippen molar-refractivity contribution in [2.24, 2.45) is 5.73 Å². The van der Waals surface area contributed by atoms with E-state index in [1.165, 1.54) is 0 Å². The maximum absolute atomic E-state index is 6.48. The van der Waals surface area contributed by atoms with Gasteiger partial charge in [-0.05, 0) is 38.7 Å². The first-order chi connectivity index (χ1) is 8.63. The van der Waals surface area contributed by atoms with Crippen LogP contribution in [0.15, 0.2) is 12.3 Å². The summed E-state index contributed by atoms with van der Waals surface area (Å²) in [6.07, 6.45) is 7.05. The van der Waals surface area contributed by atoms with Gasteiger partial charge in [-0.1, -0.05) is 6.92 Å². The molecule has 2 atom stereocenters. The minimum Gasteiger partial charge on any atom is -0.381 e. The zero-order valence-electron chi connectivity index (χ0n) is 11.6. The van der Waals surface area contributed by atoms with Crippen LogP contribution in [0, 0.1) is 0 Å². The van der Waals surface area contributed by atoms with E-state index in [4.69, 9.17) is 10.5 Å². The summed E-state index contributed by atoms with van der Waals surface area (Å²) in [5, 5.41) is 4.65. The second kappa shape index (κ2) is 5.85. The first-order valence-corrected chi connectivity index (χ1v) is 7.03. The summed E-state index contributed by atoms with van der Waals surface area (Å²) in [6, 6.07) is 2.57. The van der Waals surface area contributed by atoms with Crippen molar-refractivity contribution in [3.63, 3.8) is 0 Å². The summed E-state index contributed by atoms with van der Waals surface area (Å²) in [4.78, 5) is 0. The normalized spacial score (nSPS) is 26.8. The molecule has 0 aliphatic carbocycles. The van der Waals surface area contributed by atoms with Gasteiger partial charge in [0.1, 0.15) is 0 Å². The van der Waals surface area contributed by atoms with Gasteiger partial charge in [-0.2, -0.15) is 5.10 Å². The molecular formula is C14H25N3O. The van der Waals surface area contributed by atoms with Crippen LogP contribution in [0.5, 0.6) is 0 Å². The summed E-state index contributed by atoms with van der Waals surface area (Å²) >= 11 is 0. The SMILES string of the molecule is CCC(C)n1ccc(CC2(N)CCCOCC2)n1. The quantitative estimate of drug-likeness (QED) is 0.893. The lowest BCUT2D eigenvalue weighted by Gasteiger charge is -2.26. The molecule has 2 heterocycles. The number of rotatable bonds is 4.